The van der Waals surface area contributed by atoms with E-state index in [1.54, 1.807) is 5.32 Å². The molecule has 3 aromatic rings. The molecule has 1 aromatic carbocycles. The van der Waals surface area contributed by atoms with Gasteiger partial charge in [-0.2, -0.15) is 13.2 Å². The number of nitrogens with zero attached hydrogens (tertiary/aromatic N) is 2. The SMILES string of the molecule is CC(F)(F)CNC(=O)c1c(C(F)(F)F)sc2nc(COc3ccc(F)cc3)cc(=O)n12. The average molecular weight is 465 g/mol. The van der Waals surface area contributed by atoms with E-state index in [0.29, 0.717) is 11.3 Å². The zero-order valence-electron chi connectivity index (χ0n) is 15.6. The van der Waals surface area contributed by atoms with E-state index in [0.717, 1.165) is 18.2 Å². The maximum atomic E-state index is 13.4. The molecular weight excluding hydrogens is 452 g/mol. The van der Waals surface area contributed by atoms with Gasteiger partial charge in [-0.3, -0.25) is 9.59 Å². The van der Waals surface area contributed by atoms with Crippen molar-refractivity contribution in [1.82, 2.24) is 14.7 Å². The van der Waals surface area contributed by atoms with Crippen LogP contribution in [0.1, 0.15) is 28.0 Å². The summed E-state index contributed by atoms with van der Waals surface area (Å²) in [4.78, 5) is 26.7. The Hall–Kier alpha value is -3.09. The molecule has 0 aliphatic heterocycles. The van der Waals surface area contributed by atoms with Crippen LogP contribution in [0.15, 0.2) is 35.1 Å². The Bertz CT molecular complexity index is 1170. The van der Waals surface area contributed by atoms with E-state index in [4.69, 9.17) is 4.74 Å². The molecule has 31 heavy (non-hydrogen) atoms. The summed E-state index contributed by atoms with van der Waals surface area (Å²) in [6.07, 6.45) is -5.03. The van der Waals surface area contributed by atoms with Gasteiger partial charge >= 0.3 is 6.18 Å². The van der Waals surface area contributed by atoms with Crippen LogP contribution < -0.4 is 15.6 Å². The Labute approximate surface area is 174 Å². The maximum Gasteiger partial charge on any atom is 0.427 e. The zero-order valence-corrected chi connectivity index (χ0v) is 16.4. The number of hydrogen-bond acceptors (Lipinski definition) is 5. The van der Waals surface area contributed by atoms with Crippen molar-refractivity contribution >= 4 is 22.2 Å². The molecule has 1 N–H and O–H groups in total. The number of ether oxygens (including phenoxy) is 1. The highest BCUT2D eigenvalue weighted by molar-refractivity contribution is 7.17. The van der Waals surface area contributed by atoms with Gasteiger partial charge in [0.05, 0.1) is 12.2 Å². The summed E-state index contributed by atoms with van der Waals surface area (Å²) in [6, 6.07) is 5.72. The molecule has 0 radical (unpaired) electrons. The lowest BCUT2D eigenvalue weighted by Gasteiger charge is -2.12. The van der Waals surface area contributed by atoms with Gasteiger partial charge in [0.1, 0.15) is 28.7 Å². The van der Waals surface area contributed by atoms with Crippen molar-refractivity contribution in [2.24, 2.45) is 0 Å². The molecule has 2 heterocycles. The van der Waals surface area contributed by atoms with Crippen LogP contribution in [0.4, 0.5) is 26.3 Å². The van der Waals surface area contributed by atoms with Gasteiger partial charge in [0.25, 0.3) is 17.4 Å². The monoisotopic (exact) mass is 465 g/mol. The summed E-state index contributed by atoms with van der Waals surface area (Å²) in [6.45, 7) is -1.06. The Morgan fingerprint density at radius 3 is 2.42 bits per heavy atom. The summed E-state index contributed by atoms with van der Waals surface area (Å²) >= 11 is 0.0179. The molecule has 0 saturated heterocycles. The minimum atomic E-state index is -5.03. The van der Waals surface area contributed by atoms with Crippen LogP contribution in [0.3, 0.4) is 0 Å². The number of carbonyl (C=O) groups excluding carboxylic acids is 1. The number of thiazole rings is 1. The highest BCUT2D eigenvalue weighted by Crippen LogP contribution is 2.37. The Kier molecular flexibility index (Phi) is 5.98. The second-order valence-electron chi connectivity index (χ2n) is 6.48. The van der Waals surface area contributed by atoms with Crippen LogP contribution in [0.2, 0.25) is 0 Å². The van der Waals surface area contributed by atoms with Crippen LogP contribution in [0, 0.1) is 5.82 Å². The van der Waals surface area contributed by atoms with Gasteiger partial charge < -0.3 is 10.1 Å². The Balaban J connectivity index is 1.98. The van der Waals surface area contributed by atoms with E-state index in [9.17, 15) is 35.9 Å². The van der Waals surface area contributed by atoms with Gasteiger partial charge in [-0.25, -0.2) is 22.6 Å². The molecule has 3 rings (SSSR count). The van der Waals surface area contributed by atoms with Gasteiger partial charge in [0.2, 0.25) is 0 Å². The number of halogens is 6. The summed E-state index contributed by atoms with van der Waals surface area (Å²) in [5, 5.41) is 1.70. The lowest BCUT2D eigenvalue weighted by Crippen LogP contribution is -2.37. The van der Waals surface area contributed by atoms with Crippen LogP contribution in [-0.4, -0.2) is 27.8 Å². The Morgan fingerprint density at radius 2 is 1.84 bits per heavy atom. The molecule has 1 amide bonds. The standard InChI is InChI=1S/C18H13F6N3O3S/c1-17(20,21)8-25-15(29)13-14(18(22,23)24)31-16-26-10(6-12(28)27(13)16)7-30-11-4-2-9(19)3-5-11/h2-6H,7-8H2,1H3,(H,25,29). The summed E-state index contributed by atoms with van der Waals surface area (Å²) in [5.74, 6) is -5.13. The molecule has 0 bridgehead atoms. The molecule has 0 aliphatic rings. The Morgan fingerprint density at radius 1 is 1.19 bits per heavy atom. The van der Waals surface area contributed by atoms with Gasteiger partial charge in [-0.15, -0.1) is 0 Å². The maximum absolute atomic E-state index is 13.4. The van der Waals surface area contributed by atoms with E-state index in [1.807, 2.05) is 0 Å². The zero-order chi connectivity index (χ0) is 23.0. The molecule has 166 valence electrons. The first-order chi connectivity index (χ1) is 14.3. The van der Waals surface area contributed by atoms with E-state index < -0.39 is 51.5 Å². The van der Waals surface area contributed by atoms with Crippen LogP contribution in [0.25, 0.3) is 4.96 Å². The lowest BCUT2D eigenvalue weighted by molar-refractivity contribution is -0.134. The molecule has 6 nitrogen and oxygen atoms in total. The van der Waals surface area contributed by atoms with Crippen LogP contribution in [-0.2, 0) is 12.8 Å². The number of aromatic nitrogens is 2. The fourth-order valence-electron chi connectivity index (χ4n) is 2.50. The number of hydrogen-bond donors (Lipinski definition) is 1. The number of fused-ring (bicyclic) bond motifs is 1. The highest BCUT2D eigenvalue weighted by atomic mass is 32.1. The van der Waals surface area contributed by atoms with Crippen LogP contribution in [0.5, 0.6) is 5.75 Å². The van der Waals surface area contributed by atoms with Crippen molar-refractivity contribution in [2.45, 2.75) is 25.6 Å². The van der Waals surface area contributed by atoms with Crippen molar-refractivity contribution in [2.75, 3.05) is 6.54 Å². The van der Waals surface area contributed by atoms with Gasteiger partial charge in [0.15, 0.2) is 4.96 Å². The van der Waals surface area contributed by atoms with Crippen LogP contribution >= 0.6 is 11.3 Å². The van der Waals surface area contributed by atoms with E-state index in [1.165, 1.54) is 12.1 Å². The minimum Gasteiger partial charge on any atom is -0.487 e. The minimum absolute atomic E-state index is 0.0179. The molecule has 0 saturated carbocycles. The number of carbonyl (C=O) groups is 1. The quantitative estimate of drug-likeness (QED) is 0.561. The predicted molar refractivity (Wildman–Crippen MR) is 98.0 cm³/mol. The second-order valence-corrected chi connectivity index (χ2v) is 7.45. The average Bonchev–Trinajstić information content (AvgIpc) is 3.06. The van der Waals surface area contributed by atoms with Crippen molar-refractivity contribution in [3.05, 3.63) is 62.8 Å². The smallest absolute Gasteiger partial charge is 0.427 e. The molecule has 0 spiro atoms. The first-order valence-electron chi connectivity index (χ1n) is 8.52. The van der Waals surface area contributed by atoms with Gasteiger partial charge in [-0.1, -0.05) is 11.3 Å². The number of amides is 1. The third-order valence-electron chi connectivity index (χ3n) is 3.81. The third kappa shape index (κ3) is 5.34. The van der Waals surface area contributed by atoms with Crippen molar-refractivity contribution in [3.63, 3.8) is 0 Å². The lowest BCUT2D eigenvalue weighted by atomic mass is 10.3. The predicted octanol–water partition coefficient (Wildman–Crippen LogP) is 3.88. The number of rotatable bonds is 6. The number of alkyl halides is 5. The molecule has 0 aliphatic carbocycles. The summed E-state index contributed by atoms with van der Waals surface area (Å²) < 4.78 is 85.0. The molecule has 13 heteroatoms. The third-order valence-corrected chi connectivity index (χ3v) is 4.89. The molecule has 0 unspecified atom stereocenters. The van der Waals surface area contributed by atoms with E-state index in [2.05, 4.69) is 4.98 Å². The van der Waals surface area contributed by atoms with E-state index in [-0.39, 0.29) is 29.4 Å². The largest absolute Gasteiger partial charge is 0.487 e. The van der Waals surface area contributed by atoms with Crippen molar-refractivity contribution in [1.29, 1.82) is 0 Å². The topological polar surface area (TPSA) is 72.7 Å². The van der Waals surface area contributed by atoms with Gasteiger partial charge in [-0.05, 0) is 24.3 Å². The molecule has 0 fully saturated rings. The van der Waals surface area contributed by atoms with E-state index >= 15 is 0 Å². The fourth-order valence-corrected chi connectivity index (χ4v) is 3.51. The normalized spacial score (nSPS) is 12.2. The van der Waals surface area contributed by atoms with Crippen molar-refractivity contribution < 1.29 is 35.9 Å². The second kappa shape index (κ2) is 8.21. The van der Waals surface area contributed by atoms with Gasteiger partial charge in [0, 0.05) is 13.0 Å². The number of nitrogens with one attached hydrogen (secondary N) is 1. The van der Waals surface area contributed by atoms with Crippen molar-refractivity contribution in [3.8, 4) is 5.75 Å². The highest BCUT2D eigenvalue weighted by Gasteiger charge is 2.40. The first kappa shape index (κ1) is 22.6. The summed E-state index contributed by atoms with van der Waals surface area (Å²) in [5.41, 5.74) is -2.19. The number of benzene rings is 1. The molecular formula is C18H13F6N3O3S. The fraction of sp³-hybridized carbons (Fsp3) is 0.278. The first-order valence-corrected chi connectivity index (χ1v) is 9.34. The molecule has 0 atom stereocenters. The summed E-state index contributed by atoms with van der Waals surface area (Å²) in [7, 11) is 0. The molecule has 2 aromatic heterocycles.